The van der Waals surface area contributed by atoms with Crippen LogP contribution >= 0.6 is 0 Å². The van der Waals surface area contributed by atoms with Gasteiger partial charge >= 0.3 is 0 Å². The molecule has 0 bridgehead atoms. The molecule has 2 aromatic heterocycles. The zero-order valence-corrected chi connectivity index (χ0v) is 9.88. The third kappa shape index (κ3) is 1.35. The van der Waals surface area contributed by atoms with Crippen LogP contribution in [0.5, 0.6) is 0 Å². The van der Waals surface area contributed by atoms with Crippen LogP contribution in [0, 0.1) is 6.92 Å². The zero-order valence-electron chi connectivity index (χ0n) is 9.88. The van der Waals surface area contributed by atoms with Crippen molar-refractivity contribution in [2.45, 2.75) is 19.8 Å². The van der Waals surface area contributed by atoms with Crippen LogP contribution in [0.25, 0.3) is 11.0 Å². The van der Waals surface area contributed by atoms with Crippen molar-refractivity contribution in [3.63, 3.8) is 0 Å². The van der Waals surface area contributed by atoms with E-state index in [9.17, 15) is 0 Å². The first kappa shape index (κ1) is 9.85. The van der Waals surface area contributed by atoms with Crippen LogP contribution in [-0.2, 0) is 19.9 Å². The molecule has 0 saturated heterocycles. The Kier molecular flexibility index (Phi) is 2.21. The summed E-state index contributed by atoms with van der Waals surface area (Å²) in [4.78, 5) is 4.65. The van der Waals surface area contributed by atoms with Gasteiger partial charge in [-0.1, -0.05) is 0 Å². The Hall–Kier alpha value is -1.35. The lowest BCUT2D eigenvalue weighted by atomic mass is 10.1. The molecule has 0 saturated carbocycles. The first-order chi connectivity index (χ1) is 7.77. The highest BCUT2D eigenvalue weighted by atomic mass is 15.0. The molecular formula is C13H17N3. The van der Waals surface area contributed by atoms with E-state index in [2.05, 4.69) is 41.0 Å². The average molecular weight is 215 g/mol. The van der Waals surface area contributed by atoms with Gasteiger partial charge in [-0.25, -0.2) is 4.98 Å². The number of nitrogens with one attached hydrogen (secondary N) is 1. The summed E-state index contributed by atoms with van der Waals surface area (Å²) in [6.07, 6.45) is 2.23. The average Bonchev–Trinajstić information content (AvgIpc) is 2.47. The third-order valence-corrected chi connectivity index (χ3v) is 3.50. The number of hydrogen-bond acceptors (Lipinski definition) is 2. The van der Waals surface area contributed by atoms with Crippen LogP contribution in [0.3, 0.4) is 0 Å². The maximum absolute atomic E-state index is 4.65. The van der Waals surface area contributed by atoms with E-state index in [0.717, 1.165) is 37.3 Å². The van der Waals surface area contributed by atoms with Crippen LogP contribution in [0.1, 0.15) is 17.0 Å². The number of pyridine rings is 1. The van der Waals surface area contributed by atoms with Crippen LogP contribution in [0.15, 0.2) is 12.1 Å². The molecule has 16 heavy (non-hydrogen) atoms. The fraction of sp³-hybridized carbons (Fsp3) is 0.462. The van der Waals surface area contributed by atoms with Gasteiger partial charge in [0.25, 0.3) is 0 Å². The summed E-state index contributed by atoms with van der Waals surface area (Å²) < 4.78 is 2.27. The SMILES string of the molecule is Cc1ccc2c3c(n(C)c2n1)CCNCC3. The van der Waals surface area contributed by atoms with Gasteiger partial charge < -0.3 is 9.88 Å². The molecule has 0 fully saturated rings. The highest BCUT2D eigenvalue weighted by Gasteiger charge is 2.17. The first-order valence-corrected chi connectivity index (χ1v) is 5.92. The molecule has 0 aromatic carbocycles. The molecule has 0 aliphatic carbocycles. The summed E-state index contributed by atoms with van der Waals surface area (Å²) in [6, 6.07) is 4.34. The molecule has 3 heterocycles. The molecular weight excluding hydrogens is 198 g/mol. The molecule has 1 aliphatic rings. The van der Waals surface area contributed by atoms with Crippen LogP contribution < -0.4 is 5.32 Å². The number of nitrogens with zero attached hydrogens (tertiary/aromatic N) is 2. The number of aromatic nitrogens is 2. The Morgan fingerprint density at radius 1 is 1.25 bits per heavy atom. The Labute approximate surface area is 95.5 Å². The monoisotopic (exact) mass is 215 g/mol. The lowest BCUT2D eigenvalue weighted by Crippen LogP contribution is -2.17. The number of rotatable bonds is 0. The van der Waals surface area contributed by atoms with Crippen LogP contribution in [0.2, 0.25) is 0 Å². The number of hydrogen-bond donors (Lipinski definition) is 1. The van der Waals surface area contributed by atoms with E-state index in [1.807, 2.05) is 0 Å². The second-order valence-corrected chi connectivity index (χ2v) is 4.56. The Morgan fingerprint density at radius 3 is 2.94 bits per heavy atom. The molecule has 3 rings (SSSR count). The van der Waals surface area contributed by atoms with E-state index in [4.69, 9.17) is 0 Å². The summed E-state index contributed by atoms with van der Waals surface area (Å²) in [5.74, 6) is 0. The zero-order chi connectivity index (χ0) is 11.1. The van der Waals surface area contributed by atoms with Gasteiger partial charge in [0.15, 0.2) is 0 Å². The highest BCUT2D eigenvalue weighted by molar-refractivity contribution is 5.82. The van der Waals surface area contributed by atoms with E-state index in [1.54, 1.807) is 0 Å². The summed E-state index contributed by atoms with van der Waals surface area (Å²) in [5.41, 5.74) is 5.20. The smallest absolute Gasteiger partial charge is 0.140 e. The Bertz CT molecular complexity index is 540. The van der Waals surface area contributed by atoms with Crippen molar-refractivity contribution in [1.29, 1.82) is 0 Å². The summed E-state index contributed by atoms with van der Waals surface area (Å²) in [6.45, 7) is 4.22. The summed E-state index contributed by atoms with van der Waals surface area (Å²) in [7, 11) is 2.14. The van der Waals surface area contributed by atoms with Crippen molar-refractivity contribution in [2.24, 2.45) is 7.05 Å². The highest BCUT2D eigenvalue weighted by Crippen LogP contribution is 2.26. The van der Waals surface area contributed by atoms with Gasteiger partial charge in [-0.3, -0.25) is 0 Å². The lowest BCUT2D eigenvalue weighted by molar-refractivity contribution is 0.698. The van der Waals surface area contributed by atoms with E-state index in [1.165, 1.54) is 16.6 Å². The quantitative estimate of drug-likeness (QED) is 0.723. The molecule has 0 unspecified atom stereocenters. The van der Waals surface area contributed by atoms with Crippen molar-refractivity contribution >= 4 is 11.0 Å². The second-order valence-electron chi connectivity index (χ2n) is 4.56. The van der Waals surface area contributed by atoms with E-state index in [-0.39, 0.29) is 0 Å². The van der Waals surface area contributed by atoms with Crippen LogP contribution in [0.4, 0.5) is 0 Å². The number of fused-ring (bicyclic) bond motifs is 3. The van der Waals surface area contributed by atoms with E-state index < -0.39 is 0 Å². The first-order valence-electron chi connectivity index (χ1n) is 5.92. The molecule has 3 heteroatoms. The van der Waals surface area contributed by atoms with Crippen molar-refractivity contribution in [3.05, 3.63) is 29.1 Å². The predicted molar refractivity (Wildman–Crippen MR) is 65.7 cm³/mol. The van der Waals surface area contributed by atoms with Crippen molar-refractivity contribution in [3.8, 4) is 0 Å². The molecule has 1 N–H and O–H groups in total. The van der Waals surface area contributed by atoms with Gasteiger partial charge in [-0.15, -0.1) is 0 Å². The molecule has 0 spiro atoms. The van der Waals surface area contributed by atoms with Gasteiger partial charge in [-0.05, 0) is 37.6 Å². The van der Waals surface area contributed by atoms with Gasteiger partial charge in [0, 0.05) is 36.8 Å². The Morgan fingerprint density at radius 2 is 2.06 bits per heavy atom. The normalized spacial score (nSPS) is 16.1. The fourth-order valence-corrected chi connectivity index (χ4v) is 2.66. The third-order valence-electron chi connectivity index (χ3n) is 3.50. The molecule has 2 aromatic rings. The molecule has 0 atom stereocenters. The minimum absolute atomic E-state index is 1.08. The van der Waals surface area contributed by atoms with Crippen LogP contribution in [-0.4, -0.2) is 22.6 Å². The molecule has 3 nitrogen and oxygen atoms in total. The molecule has 84 valence electrons. The maximum Gasteiger partial charge on any atom is 0.140 e. The largest absolute Gasteiger partial charge is 0.332 e. The van der Waals surface area contributed by atoms with Gasteiger partial charge in [0.1, 0.15) is 5.65 Å². The van der Waals surface area contributed by atoms with Gasteiger partial charge in [0.05, 0.1) is 0 Å². The van der Waals surface area contributed by atoms with Crippen molar-refractivity contribution < 1.29 is 0 Å². The fourth-order valence-electron chi connectivity index (χ4n) is 2.66. The minimum Gasteiger partial charge on any atom is -0.332 e. The summed E-state index contributed by atoms with van der Waals surface area (Å²) >= 11 is 0. The van der Waals surface area contributed by atoms with Gasteiger partial charge in [0.2, 0.25) is 0 Å². The standard InChI is InChI=1S/C13H17N3/c1-9-3-4-11-10-5-7-14-8-6-12(10)16(2)13(11)15-9/h3-4,14H,5-8H2,1-2H3. The lowest BCUT2D eigenvalue weighted by Gasteiger charge is -2.02. The molecule has 1 aliphatic heterocycles. The minimum atomic E-state index is 1.08. The molecule has 0 radical (unpaired) electrons. The van der Waals surface area contributed by atoms with Crippen molar-refractivity contribution in [2.75, 3.05) is 13.1 Å². The Balaban J connectivity index is 2.31. The topological polar surface area (TPSA) is 29.9 Å². The predicted octanol–water partition coefficient (Wildman–Crippen LogP) is 1.57. The van der Waals surface area contributed by atoms with E-state index >= 15 is 0 Å². The number of aryl methyl sites for hydroxylation is 2. The van der Waals surface area contributed by atoms with Gasteiger partial charge in [-0.2, -0.15) is 0 Å². The summed E-state index contributed by atoms with van der Waals surface area (Å²) in [5, 5.41) is 4.79. The van der Waals surface area contributed by atoms with Crippen molar-refractivity contribution in [1.82, 2.24) is 14.9 Å². The maximum atomic E-state index is 4.65. The second kappa shape index (κ2) is 3.59. The molecule has 0 amide bonds. The van der Waals surface area contributed by atoms with E-state index in [0.29, 0.717) is 0 Å².